The average Bonchev–Trinajstić information content (AvgIpc) is 1.98. The molecule has 0 radical (unpaired) electrons. The molecule has 0 fully saturated rings. The first kappa shape index (κ1) is 16.0. The van der Waals surface area contributed by atoms with Gasteiger partial charge in [0, 0.05) is 10.7 Å². The molecular formula is C8H14ClF3O3S. The molecule has 0 aliphatic rings. The number of halogens is 4. The molecule has 0 aliphatic heterocycles. The second-order valence-corrected chi connectivity index (χ2v) is 6.31. The largest absolute Gasteiger partial charge is 0.411 e. The Labute approximate surface area is 97.3 Å². The summed E-state index contributed by atoms with van der Waals surface area (Å²) in [6, 6.07) is 0. The lowest BCUT2D eigenvalue weighted by atomic mass is 10.1. The highest BCUT2D eigenvalue weighted by molar-refractivity contribution is 8.13. The zero-order valence-electron chi connectivity index (χ0n) is 8.76. The Morgan fingerprint density at radius 3 is 2.31 bits per heavy atom. The standard InChI is InChI=1S/C8H14ClF3O3S/c1-2-3-7(5-16(9,13)14)4-15-6-8(10,11)12/h7H,2-6H2,1H3. The van der Waals surface area contributed by atoms with E-state index in [9.17, 15) is 21.6 Å². The van der Waals surface area contributed by atoms with Crippen molar-refractivity contribution in [2.24, 2.45) is 5.92 Å². The minimum atomic E-state index is -4.39. The molecule has 0 aliphatic carbocycles. The molecule has 3 nitrogen and oxygen atoms in total. The smallest absolute Gasteiger partial charge is 0.372 e. The fourth-order valence-electron chi connectivity index (χ4n) is 1.25. The van der Waals surface area contributed by atoms with Crippen LogP contribution in [-0.2, 0) is 13.8 Å². The van der Waals surface area contributed by atoms with E-state index in [4.69, 9.17) is 10.7 Å². The molecule has 0 saturated carbocycles. The SMILES string of the molecule is CCCC(COCC(F)(F)F)CS(=O)(=O)Cl. The molecule has 1 atom stereocenters. The van der Waals surface area contributed by atoms with Gasteiger partial charge in [-0.15, -0.1) is 0 Å². The average molecular weight is 283 g/mol. The molecule has 98 valence electrons. The molecule has 0 amide bonds. The van der Waals surface area contributed by atoms with Crippen LogP contribution in [0.5, 0.6) is 0 Å². The van der Waals surface area contributed by atoms with Gasteiger partial charge in [0.05, 0.1) is 12.4 Å². The molecule has 0 bridgehead atoms. The van der Waals surface area contributed by atoms with E-state index in [1.54, 1.807) is 6.92 Å². The van der Waals surface area contributed by atoms with E-state index in [1.807, 2.05) is 0 Å². The van der Waals surface area contributed by atoms with Gasteiger partial charge in [0.2, 0.25) is 9.05 Å². The molecule has 0 N–H and O–H groups in total. The lowest BCUT2D eigenvalue weighted by Gasteiger charge is -2.15. The second-order valence-electron chi connectivity index (χ2n) is 3.49. The minimum absolute atomic E-state index is 0.251. The first-order valence-corrected chi connectivity index (χ1v) is 7.18. The molecule has 0 saturated heterocycles. The fraction of sp³-hybridized carbons (Fsp3) is 1.00. The topological polar surface area (TPSA) is 43.4 Å². The quantitative estimate of drug-likeness (QED) is 0.674. The van der Waals surface area contributed by atoms with Gasteiger partial charge in [-0.05, 0) is 12.3 Å². The van der Waals surface area contributed by atoms with E-state index in [0.717, 1.165) is 0 Å². The third kappa shape index (κ3) is 10.5. The highest BCUT2D eigenvalue weighted by atomic mass is 35.7. The van der Waals surface area contributed by atoms with Crippen LogP contribution < -0.4 is 0 Å². The summed E-state index contributed by atoms with van der Waals surface area (Å²) in [5.74, 6) is -0.852. The Balaban J connectivity index is 4.05. The number of hydrogen-bond donors (Lipinski definition) is 0. The third-order valence-corrected chi connectivity index (χ3v) is 3.00. The van der Waals surface area contributed by atoms with Crippen LogP contribution in [0.15, 0.2) is 0 Å². The predicted molar refractivity (Wildman–Crippen MR) is 54.9 cm³/mol. The monoisotopic (exact) mass is 282 g/mol. The summed E-state index contributed by atoms with van der Waals surface area (Å²) in [4.78, 5) is 0. The highest BCUT2D eigenvalue weighted by Crippen LogP contribution is 2.17. The Hall–Kier alpha value is -0.0100. The van der Waals surface area contributed by atoms with Crippen molar-refractivity contribution in [2.75, 3.05) is 19.0 Å². The Bertz CT molecular complexity index is 289. The summed E-state index contributed by atoms with van der Waals surface area (Å²) in [5.41, 5.74) is 0. The van der Waals surface area contributed by atoms with Crippen LogP contribution in [0.4, 0.5) is 13.2 Å². The van der Waals surface area contributed by atoms with Crippen LogP contribution in [0.2, 0.25) is 0 Å². The summed E-state index contributed by atoms with van der Waals surface area (Å²) in [5, 5.41) is 0. The summed E-state index contributed by atoms with van der Waals surface area (Å²) in [6.07, 6.45) is -3.27. The van der Waals surface area contributed by atoms with Crippen molar-refractivity contribution in [1.29, 1.82) is 0 Å². The molecule has 1 unspecified atom stereocenters. The summed E-state index contributed by atoms with van der Waals surface area (Å²) >= 11 is 0. The first-order valence-electron chi connectivity index (χ1n) is 4.71. The number of hydrogen-bond acceptors (Lipinski definition) is 3. The normalized spacial score (nSPS) is 15.1. The maximum absolute atomic E-state index is 11.8. The van der Waals surface area contributed by atoms with Gasteiger partial charge in [-0.25, -0.2) is 8.42 Å². The van der Waals surface area contributed by atoms with Crippen molar-refractivity contribution in [3.05, 3.63) is 0 Å². The molecule has 0 spiro atoms. The van der Waals surface area contributed by atoms with Crippen molar-refractivity contribution in [3.63, 3.8) is 0 Å². The highest BCUT2D eigenvalue weighted by Gasteiger charge is 2.28. The van der Waals surface area contributed by atoms with Gasteiger partial charge in [0.1, 0.15) is 6.61 Å². The molecule has 8 heteroatoms. The van der Waals surface area contributed by atoms with Gasteiger partial charge < -0.3 is 4.74 Å². The summed E-state index contributed by atoms with van der Waals surface area (Å²) in [6.45, 7) is 0.187. The van der Waals surface area contributed by atoms with Gasteiger partial charge >= 0.3 is 6.18 Å². The second kappa shape index (κ2) is 6.66. The molecule has 0 aromatic carbocycles. The van der Waals surface area contributed by atoms with Crippen molar-refractivity contribution in [1.82, 2.24) is 0 Å². The van der Waals surface area contributed by atoms with Crippen molar-refractivity contribution >= 4 is 19.7 Å². The van der Waals surface area contributed by atoms with E-state index in [1.165, 1.54) is 0 Å². The minimum Gasteiger partial charge on any atom is -0.372 e. The Morgan fingerprint density at radius 1 is 1.38 bits per heavy atom. The van der Waals surface area contributed by atoms with Crippen LogP contribution in [0.1, 0.15) is 19.8 Å². The lowest BCUT2D eigenvalue weighted by Crippen LogP contribution is -2.23. The van der Waals surface area contributed by atoms with Crippen LogP contribution in [-0.4, -0.2) is 33.6 Å². The third-order valence-electron chi connectivity index (χ3n) is 1.75. The molecule has 16 heavy (non-hydrogen) atoms. The number of alkyl halides is 3. The fourth-order valence-corrected chi connectivity index (χ4v) is 2.61. The Morgan fingerprint density at radius 2 is 1.94 bits per heavy atom. The van der Waals surface area contributed by atoms with Crippen LogP contribution in [0.3, 0.4) is 0 Å². The summed E-state index contributed by atoms with van der Waals surface area (Å²) < 4.78 is 61.2. The summed E-state index contributed by atoms with van der Waals surface area (Å²) in [7, 11) is 1.33. The van der Waals surface area contributed by atoms with Crippen molar-refractivity contribution < 1.29 is 26.3 Å². The molecule has 0 rings (SSSR count). The molecular weight excluding hydrogens is 269 g/mol. The van der Waals surface area contributed by atoms with Crippen molar-refractivity contribution in [2.45, 2.75) is 25.9 Å². The Kier molecular flexibility index (Phi) is 6.65. The van der Waals surface area contributed by atoms with E-state index in [2.05, 4.69) is 4.74 Å². The van der Waals surface area contributed by atoms with Gasteiger partial charge in [0.15, 0.2) is 0 Å². The molecule has 0 aromatic heterocycles. The first-order chi connectivity index (χ1) is 7.14. The molecule has 0 heterocycles. The van der Waals surface area contributed by atoms with E-state index >= 15 is 0 Å². The van der Waals surface area contributed by atoms with E-state index < -0.39 is 27.8 Å². The maximum atomic E-state index is 11.8. The van der Waals surface area contributed by atoms with E-state index in [-0.39, 0.29) is 12.4 Å². The van der Waals surface area contributed by atoms with Gasteiger partial charge in [0.25, 0.3) is 0 Å². The maximum Gasteiger partial charge on any atom is 0.411 e. The van der Waals surface area contributed by atoms with Crippen LogP contribution >= 0.6 is 10.7 Å². The number of ether oxygens (including phenoxy) is 1. The van der Waals surface area contributed by atoms with E-state index in [0.29, 0.717) is 12.8 Å². The van der Waals surface area contributed by atoms with Crippen LogP contribution in [0, 0.1) is 5.92 Å². The lowest BCUT2D eigenvalue weighted by molar-refractivity contribution is -0.176. The predicted octanol–water partition coefficient (Wildman–Crippen LogP) is 2.55. The zero-order chi connectivity index (χ0) is 12.8. The van der Waals surface area contributed by atoms with Crippen LogP contribution in [0.25, 0.3) is 0 Å². The number of rotatable bonds is 7. The van der Waals surface area contributed by atoms with Gasteiger partial charge in [-0.3, -0.25) is 0 Å². The van der Waals surface area contributed by atoms with Gasteiger partial charge in [-0.2, -0.15) is 13.2 Å². The zero-order valence-corrected chi connectivity index (χ0v) is 10.3. The van der Waals surface area contributed by atoms with Gasteiger partial charge in [-0.1, -0.05) is 13.3 Å². The molecule has 0 aromatic rings. The van der Waals surface area contributed by atoms with Crippen molar-refractivity contribution in [3.8, 4) is 0 Å².